The van der Waals surface area contributed by atoms with Crippen LogP contribution in [-0.2, 0) is 10.8 Å². The monoisotopic (exact) mass is 245 g/mol. The van der Waals surface area contributed by atoms with Crippen LogP contribution in [0.2, 0.25) is 0 Å². The molecule has 96 valence electrons. The number of hydrogen-bond acceptors (Lipinski definition) is 2. The van der Waals surface area contributed by atoms with Gasteiger partial charge in [-0.1, -0.05) is 27.2 Å². The molecular weight excluding hydrogens is 218 g/mol. The Bertz CT molecular complexity index is 228. The Labute approximate surface area is 103 Å². The van der Waals surface area contributed by atoms with Gasteiger partial charge in [0, 0.05) is 34.9 Å². The molecule has 0 saturated heterocycles. The van der Waals surface area contributed by atoms with Crippen molar-refractivity contribution < 1.29 is 4.21 Å². The van der Waals surface area contributed by atoms with Crippen molar-refractivity contribution in [2.45, 2.75) is 58.9 Å². The number of nitrogens with one attached hydrogen (secondary N) is 1. The molecule has 1 N–H and O–H groups in total. The zero-order valence-electron chi connectivity index (χ0n) is 11.1. The van der Waals surface area contributed by atoms with E-state index in [-0.39, 0.29) is 0 Å². The van der Waals surface area contributed by atoms with Crippen molar-refractivity contribution in [2.24, 2.45) is 5.41 Å². The molecule has 3 heteroatoms. The van der Waals surface area contributed by atoms with Crippen molar-refractivity contribution in [3.05, 3.63) is 0 Å². The van der Waals surface area contributed by atoms with E-state index in [4.69, 9.17) is 0 Å². The van der Waals surface area contributed by atoms with Crippen molar-refractivity contribution in [3.8, 4) is 0 Å². The summed E-state index contributed by atoms with van der Waals surface area (Å²) < 4.78 is 11.3. The highest BCUT2D eigenvalue weighted by atomic mass is 32.2. The van der Waals surface area contributed by atoms with Crippen LogP contribution in [0.25, 0.3) is 0 Å². The Morgan fingerprint density at radius 3 is 2.75 bits per heavy atom. The van der Waals surface area contributed by atoms with Crippen LogP contribution in [0.1, 0.15) is 52.9 Å². The summed E-state index contributed by atoms with van der Waals surface area (Å²) in [4.78, 5) is 0. The van der Waals surface area contributed by atoms with Gasteiger partial charge in [0.2, 0.25) is 0 Å². The first-order chi connectivity index (χ1) is 7.53. The highest BCUT2D eigenvalue weighted by Crippen LogP contribution is 2.33. The Kier molecular flexibility index (Phi) is 5.98. The highest BCUT2D eigenvalue weighted by Gasteiger charge is 2.23. The van der Waals surface area contributed by atoms with Crippen LogP contribution in [0, 0.1) is 5.41 Å². The molecule has 0 radical (unpaired) electrons. The van der Waals surface area contributed by atoms with Gasteiger partial charge >= 0.3 is 0 Å². The molecule has 1 rings (SSSR count). The van der Waals surface area contributed by atoms with Crippen molar-refractivity contribution in [3.63, 3.8) is 0 Å². The predicted molar refractivity (Wildman–Crippen MR) is 72.2 cm³/mol. The van der Waals surface area contributed by atoms with Gasteiger partial charge in [-0.2, -0.15) is 0 Å². The molecule has 1 fully saturated rings. The number of hydrogen-bond donors (Lipinski definition) is 1. The smallest absolute Gasteiger partial charge is 0.0360 e. The van der Waals surface area contributed by atoms with E-state index in [2.05, 4.69) is 19.2 Å². The van der Waals surface area contributed by atoms with E-state index in [1.54, 1.807) is 0 Å². The molecule has 0 aromatic heterocycles. The second kappa shape index (κ2) is 6.75. The van der Waals surface area contributed by atoms with E-state index in [0.717, 1.165) is 18.1 Å². The summed E-state index contributed by atoms with van der Waals surface area (Å²) in [5, 5.41) is 3.57. The maximum absolute atomic E-state index is 11.3. The quantitative estimate of drug-likeness (QED) is 0.755. The van der Waals surface area contributed by atoms with Gasteiger partial charge in [-0.15, -0.1) is 0 Å². The molecule has 0 aromatic rings. The van der Waals surface area contributed by atoms with Gasteiger partial charge in [-0.3, -0.25) is 4.21 Å². The molecule has 0 spiro atoms. The average molecular weight is 245 g/mol. The first kappa shape index (κ1) is 14.2. The van der Waals surface area contributed by atoms with Crippen LogP contribution in [0.5, 0.6) is 0 Å². The summed E-state index contributed by atoms with van der Waals surface area (Å²) in [5.41, 5.74) is 0.530. The van der Waals surface area contributed by atoms with Gasteiger partial charge in [-0.25, -0.2) is 0 Å². The lowest BCUT2D eigenvalue weighted by Gasteiger charge is -2.22. The first-order valence-electron chi connectivity index (χ1n) is 6.62. The zero-order valence-corrected chi connectivity index (χ0v) is 11.9. The van der Waals surface area contributed by atoms with Crippen LogP contribution < -0.4 is 5.32 Å². The summed E-state index contributed by atoms with van der Waals surface area (Å²) in [6.07, 6.45) is 6.59. The molecule has 1 aliphatic carbocycles. The molecule has 0 aliphatic heterocycles. The number of rotatable bonds is 5. The molecule has 0 bridgehead atoms. The Balaban J connectivity index is 2.20. The summed E-state index contributed by atoms with van der Waals surface area (Å²) in [7, 11) is -0.613. The highest BCUT2D eigenvalue weighted by molar-refractivity contribution is 7.84. The molecule has 2 atom stereocenters. The van der Waals surface area contributed by atoms with Gasteiger partial charge in [0.25, 0.3) is 0 Å². The van der Waals surface area contributed by atoms with Crippen molar-refractivity contribution in [1.82, 2.24) is 5.32 Å². The molecule has 2 unspecified atom stereocenters. The van der Waals surface area contributed by atoms with E-state index >= 15 is 0 Å². The van der Waals surface area contributed by atoms with Gasteiger partial charge in [0.05, 0.1) is 0 Å². The van der Waals surface area contributed by atoms with Gasteiger partial charge in [0.1, 0.15) is 0 Å². The first-order valence-corrected chi connectivity index (χ1v) is 8.10. The topological polar surface area (TPSA) is 29.1 Å². The molecule has 0 amide bonds. The van der Waals surface area contributed by atoms with E-state index in [9.17, 15) is 4.21 Å². The fraction of sp³-hybridized carbons (Fsp3) is 1.00. The van der Waals surface area contributed by atoms with Crippen LogP contribution >= 0.6 is 0 Å². The Morgan fingerprint density at radius 2 is 2.06 bits per heavy atom. The van der Waals surface area contributed by atoms with Crippen molar-refractivity contribution in [1.29, 1.82) is 0 Å². The van der Waals surface area contributed by atoms with E-state index in [1.165, 1.54) is 32.1 Å². The van der Waals surface area contributed by atoms with E-state index in [0.29, 0.717) is 11.5 Å². The summed E-state index contributed by atoms with van der Waals surface area (Å²) >= 11 is 0. The van der Waals surface area contributed by atoms with E-state index < -0.39 is 10.8 Å². The van der Waals surface area contributed by atoms with Gasteiger partial charge in [-0.05, 0) is 31.1 Å². The standard InChI is InChI=1S/C13H27NOS/c1-4-16(15)11-10-14-12-6-5-8-13(2,3)9-7-12/h12,14H,4-11H2,1-3H3. The third kappa shape index (κ3) is 5.44. The third-order valence-electron chi connectivity index (χ3n) is 3.66. The molecule has 2 nitrogen and oxygen atoms in total. The summed E-state index contributed by atoms with van der Waals surface area (Å²) in [6.45, 7) is 7.67. The zero-order chi connectivity index (χ0) is 12.0. The van der Waals surface area contributed by atoms with Crippen LogP contribution in [0.15, 0.2) is 0 Å². The molecule has 0 aromatic carbocycles. The second-order valence-electron chi connectivity index (χ2n) is 5.68. The Hall–Kier alpha value is 0.110. The second-order valence-corrected chi connectivity index (χ2v) is 7.54. The summed E-state index contributed by atoms with van der Waals surface area (Å²) in [5.74, 6) is 1.61. The van der Waals surface area contributed by atoms with Crippen LogP contribution in [-0.4, -0.2) is 28.3 Å². The fourth-order valence-corrected chi connectivity index (χ4v) is 3.02. The molecule has 0 heterocycles. The van der Waals surface area contributed by atoms with Crippen LogP contribution in [0.4, 0.5) is 0 Å². The SMILES string of the molecule is CCS(=O)CCNC1CCCC(C)(C)CC1. The minimum atomic E-state index is -0.613. The maximum atomic E-state index is 11.3. The lowest BCUT2D eigenvalue weighted by atomic mass is 9.85. The minimum absolute atomic E-state index is 0.530. The van der Waals surface area contributed by atoms with Crippen molar-refractivity contribution >= 4 is 10.8 Å². The molecule has 16 heavy (non-hydrogen) atoms. The maximum Gasteiger partial charge on any atom is 0.0360 e. The van der Waals surface area contributed by atoms with Crippen LogP contribution in [0.3, 0.4) is 0 Å². The van der Waals surface area contributed by atoms with Gasteiger partial charge < -0.3 is 5.32 Å². The lowest BCUT2D eigenvalue weighted by Crippen LogP contribution is -2.32. The van der Waals surface area contributed by atoms with E-state index in [1.807, 2.05) is 6.92 Å². The fourth-order valence-electron chi connectivity index (χ4n) is 2.39. The Morgan fingerprint density at radius 1 is 1.31 bits per heavy atom. The normalized spacial score (nSPS) is 27.3. The lowest BCUT2D eigenvalue weighted by molar-refractivity contribution is 0.310. The van der Waals surface area contributed by atoms with Gasteiger partial charge in [0.15, 0.2) is 0 Å². The van der Waals surface area contributed by atoms with Crippen molar-refractivity contribution in [2.75, 3.05) is 18.1 Å². The molecule has 1 saturated carbocycles. The molecular formula is C13H27NOS. The summed E-state index contributed by atoms with van der Waals surface area (Å²) in [6, 6.07) is 0.663. The molecule has 1 aliphatic rings. The average Bonchev–Trinajstić information content (AvgIpc) is 2.40. The largest absolute Gasteiger partial charge is 0.313 e. The minimum Gasteiger partial charge on any atom is -0.313 e. The predicted octanol–water partition coefficient (Wildman–Crippen LogP) is 2.70. The third-order valence-corrected chi connectivity index (χ3v) is 4.96.